The Labute approximate surface area is 270 Å². The standard InChI is InChI=1S/C35H32N6O6/c1-22-29(18-32(38(22)2)30-17-27(41(44)45)11-13-28(30)35(43)46-3)34(42)39(21-24-9-5-4-8-23(24)19-36)26-12-14-31-25(16-26)20-37-40(31)33-10-6-7-15-47-33/h4-5,8-9,11-14,16-18,20,33H,6-7,10,15,21H2,1-3H3. The molecule has 1 saturated heterocycles. The maximum atomic E-state index is 14.6. The maximum Gasteiger partial charge on any atom is 0.338 e. The zero-order valence-corrected chi connectivity index (χ0v) is 26.2. The fourth-order valence-electron chi connectivity index (χ4n) is 6.04. The number of amides is 1. The van der Waals surface area contributed by atoms with Crippen LogP contribution < -0.4 is 4.90 Å². The van der Waals surface area contributed by atoms with Gasteiger partial charge in [-0.25, -0.2) is 9.48 Å². The number of ether oxygens (including phenoxy) is 2. The van der Waals surface area contributed by atoms with Crippen LogP contribution in [0.15, 0.2) is 72.9 Å². The van der Waals surface area contributed by atoms with Crippen LogP contribution in [0.4, 0.5) is 11.4 Å². The van der Waals surface area contributed by atoms with E-state index in [1.54, 1.807) is 47.8 Å². The van der Waals surface area contributed by atoms with Crippen LogP contribution in [-0.2, 0) is 23.1 Å². The maximum absolute atomic E-state index is 14.6. The van der Waals surface area contributed by atoms with Gasteiger partial charge in [0, 0.05) is 53.8 Å². The molecule has 3 heterocycles. The molecule has 0 N–H and O–H groups in total. The number of aromatic nitrogens is 3. The fraction of sp³-hybridized carbons (Fsp3) is 0.257. The van der Waals surface area contributed by atoms with Gasteiger partial charge in [-0.15, -0.1) is 0 Å². The van der Waals surface area contributed by atoms with E-state index in [1.165, 1.54) is 25.3 Å². The first-order valence-electron chi connectivity index (χ1n) is 15.1. The second-order valence-electron chi connectivity index (χ2n) is 11.4. The van der Waals surface area contributed by atoms with Gasteiger partial charge in [0.25, 0.3) is 11.6 Å². The minimum Gasteiger partial charge on any atom is -0.465 e. The van der Waals surface area contributed by atoms with Crippen molar-refractivity contribution < 1.29 is 24.0 Å². The molecule has 1 amide bonds. The summed E-state index contributed by atoms with van der Waals surface area (Å²) in [5, 5.41) is 26.9. The zero-order chi connectivity index (χ0) is 33.2. The van der Waals surface area contributed by atoms with Crippen molar-refractivity contribution >= 4 is 34.2 Å². The number of rotatable bonds is 8. The topological polar surface area (TPSA) is 146 Å². The fourth-order valence-corrected chi connectivity index (χ4v) is 6.04. The highest BCUT2D eigenvalue weighted by molar-refractivity contribution is 6.09. The summed E-state index contributed by atoms with van der Waals surface area (Å²) in [6.07, 6.45) is 4.55. The van der Waals surface area contributed by atoms with Crippen molar-refractivity contribution in [2.24, 2.45) is 7.05 Å². The molecular formula is C35H32N6O6. The molecule has 1 atom stereocenters. The quantitative estimate of drug-likeness (QED) is 0.108. The molecule has 12 nitrogen and oxygen atoms in total. The number of carbonyl (C=O) groups excluding carboxylic acids is 2. The minimum atomic E-state index is -0.663. The van der Waals surface area contributed by atoms with Crippen LogP contribution in [0, 0.1) is 28.4 Å². The highest BCUT2D eigenvalue weighted by atomic mass is 16.6. The molecule has 0 saturated carbocycles. The molecule has 238 valence electrons. The number of esters is 1. The number of hydrogen-bond donors (Lipinski definition) is 0. The molecule has 1 aliphatic heterocycles. The normalized spacial score (nSPS) is 14.5. The Hall–Kier alpha value is -5.80. The molecule has 0 aliphatic carbocycles. The summed E-state index contributed by atoms with van der Waals surface area (Å²) in [6, 6.07) is 20.5. The van der Waals surface area contributed by atoms with E-state index in [-0.39, 0.29) is 35.5 Å². The molecule has 2 aromatic heterocycles. The average molecular weight is 633 g/mol. The Kier molecular flexibility index (Phi) is 8.56. The Bertz CT molecular complexity index is 2070. The second-order valence-corrected chi connectivity index (χ2v) is 11.4. The third-order valence-corrected chi connectivity index (χ3v) is 8.69. The zero-order valence-electron chi connectivity index (χ0n) is 26.2. The molecule has 1 unspecified atom stereocenters. The number of non-ortho nitro benzene ring substituents is 1. The molecule has 6 rings (SSSR count). The average Bonchev–Trinajstić information content (AvgIpc) is 3.66. The first-order chi connectivity index (χ1) is 22.7. The van der Waals surface area contributed by atoms with Crippen LogP contribution in [-0.4, -0.2) is 44.9 Å². The Morgan fingerprint density at radius 3 is 2.66 bits per heavy atom. The van der Waals surface area contributed by atoms with Crippen LogP contribution >= 0.6 is 0 Å². The summed E-state index contributed by atoms with van der Waals surface area (Å²) in [5.41, 5.74) is 4.09. The van der Waals surface area contributed by atoms with Gasteiger partial charge >= 0.3 is 5.97 Å². The summed E-state index contributed by atoms with van der Waals surface area (Å²) in [6.45, 7) is 2.55. The van der Waals surface area contributed by atoms with Crippen LogP contribution in [0.1, 0.15) is 63.0 Å². The number of hydrogen-bond acceptors (Lipinski definition) is 8. The smallest absolute Gasteiger partial charge is 0.338 e. The molecule has 3 aromatic carbocycles. The van der Waals surface area contributed by atoms with E-state index >= 15 is 0 Å². The number of nitro groups is 1. The third-order valence-electron chi connectivity index (χ3n) is 8.69. The van der Waals surface area contributed by atoms with Gasteiger partial charge in [0.1, 0.15) is 0 Å². The lowest BCUT2D eigenvalue weighted by atomic mass is 10.0. The van der Waals surface area contributed by atoms with Crippen molar-refractivity contribution in [3.63, 3.8) is 0 Å². The molecule has 1 fully saturated rings. The first-order valence-corrected chi connectivity index (χ1v) is 15.1. The van der Waals surface area contributed by atoms with Crippen molar-refractivity contribution in [2.75, 3.05) is 18.6 Å². The van der Waals surface area contributed by atoms with Crippen molar-refractivity contribution in [3.05, 3.63) is 111 Å². The van der Waals surface area contributed by atoms with Crippen LogP contribution in [0.3, 0.4) is 0 Å². The molecule has 0 spiro atoms. The Morgan fingerprint density at radius 1 is 1.13 bits per heavy atom. The first kappa shape index (κ1) is 31.2. The van der Waals surface area contributed by atoms with Crippen LogP contribution in [0.2, 0.25) is 0 Å². The number of benzene rings is 3. The van der Waals surface area contributed by atoms with Gasteiger partial charge in [0.15, 0.2) is 6.23 Å². The molecule has 0 radical (unpaired) electrons. The largest absolute Gasteiger partial charge is 0.465 e. The molecule has 12 heteroatoms. The van der Waals surface area contributed by atoms with E-state index in [0.717, 1.165) is 30.2 Å². The number of anilines is 1. The van der Waals surface area contributed by atoms with Crippen LogP contribution in [0.5, 0.6) is 0 Å². The van der Waals surface area contributed by atoms with Gasteiger partial charge in [-0.2, -0.15) is 10.4 Å². The SMILES string of the molecule is COC(=O)c1ccc([N+](=O)[O-])cc1-c1cc(C(=O)N(Cc2ccccc2C#N)c2ccc3c(cnn3C3CCCCO3)c2)c(C)n1C. The van der Waals surface area contributed by atoms with Crippen molar-refractivity contribution in [2.45, 2.75) is 39.0 Å². The lowest BCUT2D eigenvalue weighted by Crippen LogP contribution is -2.31. The van der Waals surface area contributed by atoms with Gasteiger partial charge in [0.05, 0.1) is 53.1 Å². The van der Waals surface area contributed by atoms with Gasteiger partial charge in [0.2, 0.25) is 0 Å². The molecule has 47 heavy (non-hydrogen) atoms. The molecular weight excluding hydrogens is 600 g/mol. The number of nitro benzene ring substituents is 1. The summed E-state index contributed by atoms with van der Waals surface area (Å²) >= 11 is 0. The number of carbonyl (C=O) groups is 2. The van der Waals surface area contributed by atoms with Crippen molar-refractivity contribution in [1.82, 2.24) is 14.3 Å². The highest BCUT2D eigenvalue weighted by Crippen LogP contribution is 2.34. The summed E-state index contributed by atoms with van der Waals surface area (Å²) < 4.78 is 14.5. The van der Waals surface area contributed by atoms with Crippen LogP contribution in [0.25, 0.3) is 22.2 Å². The number of methoxy groups -OCH3 is 1. The number of nitrogens with zero attached hydrogens (tertiary/aromatic N) is 6. The van der Waals surface area contributed by atoms with Gasteiger partial charge in [-0.05, 0) is 68.1 Å². The summed E-state index contributed by atoms with van der Waals surface area (Å²) in [7, 11) is 2.96. The van der Waals surface area contributed by atoms with Crippen molar-refractivity contribution in [1.29, 1.82) is 5.26 Å². The van der Waals surface area contributed by atoms with E-state index in [2.05, 4.69) is 11.2 Å². The predicted molar refractivity (Wildman–Crippen MR) is 174 cm³/mol. The van der Waals surface area contributed by atoms with E-state index in [4.69, 9.17) is 9.47 Å². The third kappa shape index (κ3) is 5.84. The van der Waals surface area contributed by atoms with Crippen molar-refractivity contribution in [3.8, 4) is 17.3 Å². The second kappa shape index (κ2) is 12.9. The van der Waals surface area contributed by atoms with E-state index in [0.29, 0.717) is 40.4 Å². The highest BCUT2D eigenvalue weighted by Gasteiger charge is 2.28. The lowest BCUT2D eigenvalue weighted by molar-refractivity contribution is -0.384. The number of fused-ring (bicyclic) bond motifs is 1. The Morgan fingerprint density at radius 2 is 1.94 bits per heavy atom. The minimum absolute atomic E-state index is 0.0990. The lowest BCUT2D eigenvalue weighted by Gasteiger charge is -2.25. The van der Waals surface area contributed by atoms with E-state index < -0.39 is 10.9 Å². The van der Waals surface area contributed by atoms with Gasteiger partial charge < -0.3 is 18.9 Å². The predicted octanol–water partition coefficient (Wildman–Crippen LogP) is 6.46. The van der Waals surface area contributed by atoms with E-state index in [1.807, 2.05) is 35.0 Å². The summed E-state index contributed by atoms with van der Waals surface area (Å²) in [5.74, 6) is -1.02. The van der Waals surface area contributed by atoms with Gasteiger partial charge in [-0.3, -0.25) is 14.9 Å². The summed E-state index contributed by atoms with van der Waals surface area (Å²) in [4.78, 5) is 40.0. The number of nitriles is 1. The Balaban J connectivity index is 1.46. The molecule has 1 aliphatic rings. The molecule has 5 aromatic rings. The van der Waals surface area contributed by atoms with E-state index in [9.17, 15) is 25.0 Å². The monoisotopic (exact) mass is 632 g/mol. The molecule has 0 bridgehead atoms. The van der Waals surface area contributed by atoms with Gasteiger partial charge in [-0.1, -0.05) is 18.2 Å².